The van der Waals surface area contributed by atoms with Crippen LogP contribution in [-0.2, 0) is 10.2 Å². The number of hydrogen-bond donors (Lipinski definition) is 3. The van der Waals surface area contributed by atoms with Crippen molar-refractivity contribution in [2.24, 2.45) is 0 Å². The second kappa shape index (κ2) is 11.7. The molecule has 0 unspecified atom stereocenters. The summed E-state index contributed by atoms with van der Waals surface area (Å²) >= 11 is 5.24. The number of hydrogen-bond acceptors (Lipinski definition) is 4. The van der Waals surface area contributed by atoms with Crippen LogP contribution in [0.5, 0.6) is 0 Å². The average molecular weight is 524 g/mol. The molecule has 0 radical (unpaired) electrons. The molecule has 3 aromatic carbocycles. The van der Waals surface area contributed by atoms with E-state index in [1.807, 2.05) is 60.7 Å². The molecular formula is C31H29N3O3S. The molecule has 1 heterocycles. The minimum Gasteiger partial charge on any atom is -0.457 e. The predicted molar refractivity (Wildman–Crippen MR) is 157 cm³/mol. The fourth-order valence-electron chi connectivity index (χ4n) is 3.64. The summed E-state index contributed by atoms with van der Waals surface area (Å²) in [5.74, 6) is 0.705. The number of carbonyl (C=O) groups excluding carboxylic acids is 2. The number of anilines is 2. The molecule has 1 aromatic heterocycles. The van der Waals surface area contributed by atoms with E-state index in [2.05, 4.69) is 36.7 Å². The summed E-state index contributed by atoms with van der Waals surface area (Å²) in [6, 6.07) is 28.0. The maximum Gasteiger partial charge on any atom is 0.255 e. The Morgan fingerprint density at radius 3 is 2.05 bits per heavy atom. The Kier molecular flexibility index (Phi) is 8.19. The van der Waals surface area contributed by atoms with E-state index in [-0.39, 0.29) is 22.3 Å². The van der Waals surface area contributed by atoms with Crippen molar-refractivity contribution in [2.75, 3.05) is 10.6 Å². The second-order valence-corrected chi connectivity index (χ2v) is 10.1. The van der Waals surface area contributed by atoms with E-state index < -0.39 is 0 Å². The molecule has 4 aromatic rings. The van der Waals surface area contributed by atoms with E-state index >= 15 is 0 Å². The number of thiocarbonyl (C=S) groups is 1. The maximum absolute atomic E-state index is 12.6. The highest BCUT2D eigenvalue weighted by molar-refractivity contribution is 7.80. The normalized spacial score (nSPS) is 11.2. The largest absolute Gasteiger partial charge is 0.457 e. The Hall–Kier alpha value is -4.49. The third-order valence-electron chi connectivity index (χ3n) is 5.73. The van der Waals surface area contributed by atoms with E-state index in [1.54, 1.807) is 36.4 Å². The van der Waals surface area contributed by atoms with Gasteiger partial charge in [0.15, 0.2) is 5.11 Å². The monoisotopic (exact) mass is 523 g/mol. The smallest absolute Gasteiger partial charge is 0.255 e. The van der Waals surface area contributed by atoms with Gasteiger partial charge in [0, 0.05) is 28.6 Å². The van der Waals surface area contributed by atoms with Crippen LogP contribution in [0.15, 0.2) is 101 Å². The second-order valence-electron chi connectivity index (χ2n) is 9.70. The van der Waals surface area contributed by atoms with Gasteiger partial charge in [0.05, 0.1) is 0 Å². The Balaban J connectivity index is 1.26. The van der Waals surface area contributed by atoms with E-state index in [0.29, 0.717) is 22.7 Å². The lowest BCUT2D eigenvalue weighted by Gasteiger charge is -2.19. The predicted octanol–water partition coefficient (Wildman–Crippen LogP) is 7.02. The van der Waals surface area contributed by atoms with Crippen molar-refractivity contribution in [2.45, 2.75) is 26.2 Å². The molecule has 192 valence electrons. The summed E-state index contributed by atoms with van der Waals surface area (Å²) in [5.41, 5.74) is 4.06. The molecule has 0 aliphatic rings. The summed E-state index contributed by atoms with van der Waals surface area (Å²) in [6.07, 6.45) is 2.94. The van der Waals surface area contributed by atoms with Crippen molar-refractivity contribution >= 4 is 46.6 Å². The topological polar surface area (TPSA) is 83.4 Å². The van der Waals surface area contributed by atoms with Crippen LogP contribution in [0.25, 0.3) is 17.4 Å². The lowest BCUT2D eigenvalue weighted by molar-refractivity contribution is -0.115. The lowest BCUT2D eigenvalue weighted by Crippen LogP contribution is -2.32. The zero-order chi connectivity index (χ0) is 27.1. The first-order valence-electron chi connectivity index (χ1n) is 12.1. The van der Waals surface area contributed by atoms with Gasteiger partial charge < -0.3 is 15.1 Å². The summed E-state index contributed by atoms with van der Waals surface area (Å²) in [4.78, 5) is 24.9. The molecule has 0 aliphatic carbocycles. The number of carbonyl (C=O) groups is 2. The first-order chi connectivity index (χ1) is 18.2. The van der Waals surface area contributed by atoms with Gasteiger partial charge in [0.1, 0.15) is 11.5 Å². The Labute approximate surface area is 227 Å². The molecule has 0 bridgehead atoms. The fourth-order valence-corrected chi connectivity index (χ4v) is 3.85. The third-order valence-corrected chi connectivity index (χ3v) is 5.94. The average Bonchev–Trinajstić information content (AvgIpc) is 3.38. The summed E-state index contributed by atoms with van der Waals surface area (Å²) in [5, 5.41) is 8.60. The molecule has 0 atom stereocenters. The highest BCUT2D eigenvalue weighted by Crippen LogP contribution is 2.23. The van der Waals surface area contributed by atoms with Gasteiger partial charge in [-0.1, -0.05) is 63.2 Å². The zero-order valence-corrected chi connectivity index (χ0v) is 22.3. The molecule has 0 saturated heterocycles. The van der Waals surface area contributed by atoms with Crippen molar-refractivity contribution in [3.63, 3.8) is 0 Å². The van der Waals surface area contributed by atoms with Crippen LogP contribution in [0, 0.1) is 0 Å². The van der Waals surface area contributed by atoms with Crippen molar-refractivity contribution in [3.8, 4) is 11.3 Å². The van der Waals surface area contributed by atoms with Gasteiger partial charge >= 0.3 is 0 Å². The molecule has 2 amide bonds. The van der Waals surface area contributed by atoms with Crippen LogP contribution in [0.3, 0.4) is 0 Å². The van der Waals surface area contributed by atoms with Crippen LogP contribution >= 0.6 is 12.2 Å². The molecule has 0 aliphatic heterocycles. The molecule has 4 rings (SSSR count). The van der Waals surface area contributed by atoms with Crippen LogP contribution in [0.2, 0.25) is 0 Å². The van der Waals surface area contributed by atoms with Crippen molar-refractivity contribution in [1.29, 1.82) is 0 Å². The lowest BCUT2D eigenvalue weighted by atomic mass is 9.87. The van der Waals surface area contributed by atoms with Gasteiger partial charge in [-0.05, 0) is 77.8 Å². The third kappa shape index (κ3) is 7.27. The Morgan fingerprint density at radius 2 is 1.42 bits per heavy atom. The number of rotatable bonds is 6. The summed E-state index contributed by atoms with van der Waals surface area (Å²) in [7, 11) is 0. The highest BCUT2D eigenvalue weighted by atomic mass is 32.1. The van der Waals surface area contributed by atoms with Crippen LogP contribution in [0.4, 0.5) is 11.4 Å². The van der Waals surface area contributed by atoms with Gasteiger partial charge in [-0.2, -0.15) is 0 Å². The van der Waals surface area contributed by atoms with Crippen molar-refractivity contribution in [1.82, 2.24) is 5.32 Å². The van der Waals surface area contributed by atoms with Gasteiger partial charge in [0.2, 0.25) is 5.91 Å². The highest BCUT2D eigenvalue weighted by Gasteiger charge is 2.14. The maximum atomic E-state index is 12.6. The summed E-state index contributed by atoms with van der Waals surface area (Å²) in [6.45, 7) is 6.40. The Morgan fingerprint density at radius 1 is 0.789 bits per heavy atom. The van der Waals surface area contributed by atoms with E-state index in [0.717, 1.165) is 11.3 Å². The number of furan rings is 1. The fraction of sp³-hybridized carbons (Fsp3) is 0.129. The molecule has 7 heteroatoms. The van der Waals surface area contributed by atoms with Crippen LogP contribution < -0.4 is 16.0 Å². The first kappa shape index (κ1) is 26.6. The first-order valence-corrected chi connectivity index (χ1v) is 12.6. The molecule has 0 spiro atoms. The molecule has 0 fully saturated rings. The van der Waals surface area contributed by atoms with Gasteiger partial charge in [-0.25, -0.2) is 0 Å². The number of amides is 2. The van der Waals surface area contributed by atoms with Crippen LogP contribution in [0.1, 0.15) is 42.5 Å². The van der Waals surface area contributed by atoms with Crippen molar-refractivity contribution in [3.05, 3.63) is 114 Å². The molecule has 0 saturated carbocycles. The van der Waals surface area contributed by atoms with E-state index in [4.69, 9.17) is 16.6 Å². The van der Waals surface area contributed by atoms with Crippen LogP contribution in [-0.4, -0.2) is 16.9 Å². The van der Waals surface area contributed by atoms with E-state index in [1.165, 1.54) is 11.6 Å². The standard InChI is InChI=1S/C31H29N3O3S/c1-31(2,3)23-11-9-22(10-12-23)29(36)32-24-13-15-25(16-14-24)33-30(38)34-28(35)20-18-26-17-19-27(37-26)21-7-5-4-6-8-21/h4-20H,1-3H3,(H,32,36)(H2,33,34,35,38)/b20-18+. The molecule has 6 nitrogen and oxygen atoms in total. The quantitative estimate of drug-likeness (QED) is 0.187. The molecule has 3 N–H and O–H groups in total. The van der Waals surface area contributed by atoms with Gasteiger partial charge in [-0.3, -0.25) is 14.9 Å². The Bertz CT molecular complexity index is 1450. The number of benzene rings is 3. The minimum atomic E-state index is -0.387. The minimum absolute atomic E-state index is 0.0280. The number of nitrogens with one attached hydrogen (secondary N) is 3. The van der Waals surface area contributed by atoms with Gasteiger partial charge in [-0.15, -0.1) is 0 Å². The summed E-state index contributed by atoms with van der Waals surface area (Å²) < 4.78 is 5.76. The zero-order valence-electron chi connectivity index (χ0n) is 21.4. The van der Waals surface area contributed by atoms with Crippen molar-refractivity contribution < 1.29 is 14.0 Å². The molecule has 38 heavy (non-hydrogen) atoms. The van der Waals surface area contributed by atoms with E-state index in [9.17, 15) is 9.59 Å². The SMILES string of the molecule is CC(C)(C)c1ccc(C(=O)Nc2ccc(NC(=S)NC(=O)/C=C/c3ccc(-c4ccccc4)o3)cc2)cc1. The molecular weight excluding hydrogens is 494 g/mol. The van der Waals surface area contributed by atoms with Gasteiger partial charge in [0.25, 0.3) is 5.91 Å².